The summed E-state index contributed by atoms with van der Waals surface area (Å²) in [5.41, 5.74) is 5.40. The van der Waals surface area contributed by atoms with E-state index in [1.807, 2.05) is 4.90 Å². The molecule has 0 spiro atoms. The number of rotatable bonds is 8. The summed E-state index contributed by atoms with van der Waals surface area (Å²) < 4.78 is 0. The number of amides is 1. The fourth-order valence-corrected chi connectivity index (χ4v) is 1.46. The van der Waals surface area contributed by atoms with E-state index >= 15 is 0 Å². The molecule has 0 heterocycles. The monoisotopic (exact) mass is 214 g/mol. The summed E-state index contributed by atoms with van der Waals surface area (Å²) >= 11 is 0. The first-order valence-electron chi connectivity index (χ1n) is 6.09. The molecule has 0 aliphatic heterocycles. The predicted octanol–water partition coefficient (Wildman–Crippen LogP) is 2.01. The van der Waals surface area contributed by atoms with Crippen LogP contribution in [0.1, 0.15) is 46.5 Å². The van der Waals surface area contributed by atoms with E-state index in [1.165, 1.54) is 0 Å². The van der Waals surface area contributed by atoms with Gasteiger partial charge >= 0.3 is 0 Å². The third kappa shape index (κ3) is 7.37. The van der Waals surface area contributed by atoms with Gasteiger partial charge in [0, 0.05) is 19.5 Å². The normalized spacial score (nSPS) is 10.7. The van der Waals surface area contributed by atoms with E-state index < -0.39 is 0 Å². The van der Waals surface area contributed by atoms with Crippen LogP contribution in [0.3, 0.4) is 0 Å². The van der Waals surface area contributed by atoms with Crippen LogP contribution in [0.25, 0.3) is 0 Å². The molecular formula is C12H26N2O. The van der Waals surface area contributed by atoms with Crippen molar-refractivity contribution in [3.8, 4) is 0 Å². The molecule has 0 aliphatic rings. The predicted molar refractivity (Wildman–Crippen MR) is 64.6 cm³/mol. The summed E-state index contributed by atoms with van der Waals surface area (Å²) in [5.74, 6) is 0.926. The molecule has 2 N–H and O–H groups in total. The van der Waals surface area contributed by atoms with Crippen molar-refractivity contribution < 1.29 is 4.79 Å². The van der Waals surface area contributed by atoms with E-state index in [2.05, 4.69) is 20.8 Å². The van der Waals surface area contributed by atoms with Crippen molar-refractivity contribution in [2.24, 2.45) is 11.7 Å². The van der Waals surface area contributed by atoms with Crippen molar-refractivity contribution in [2.45, 2.75) is 46.5 Å². The number of hydrogen-bond donors (Lipinski definition) is 1. The van der Waals surface area contributed by atoms with Crippen molar-refractivity contribution in [3.63, 3.8) is 0 Å². The molecule has 0 aliphatic carbocycles. The van der Waals surface area contributed by atoms with Gasteiger partial charge in [-0.1, -0.05) is 20.8 Å². The summed E-state index contributed by atoms with van der Waals surface area (Å²) in [4.78, 5) is 13.8. The molecule has 0 unspecified atom stereocenters. The number of nitrogens with zero attached hydrogens (tertiary/aromatic N) is 1. The Morgan fingerprint density at radius 1 is 1.33 bits per heavy atom. The Labute approximate surface area is 94.0 Å². The minimum absolute atomic E-state index is 0.267. The summed E-state index contributed by atoms with van der Waals surface area (Å²) in [6.45, 7) is 8.88. The molecule has 0 fully saturated rings. The van der Waals surface area contributed by atoms with Crippen LogP contribution in [0.4, 0.5) is 0 Å². The average Bonchev–Trinajstić information content (AvgIpc) is 2.20. The third-order valence-electron chi connectivity index (χ3n) is 2.42. The maximum atomic E-state index is 11.8. The molecule has 15 heavy (non-hydrogen) atoms. The van der Waals surface area contributed by atoms with Crippen LogP contribution < -0.4 is 5.73 Å². The third-order valence-corrected chi connectivity index (χ3v) is 2.42. The van der Waals surface area contributed by atoms with E-state index in [1.54, 1.807) is 0 Å². The number of carbonyl (C=O) groups excluding carboxylic acids is 1. The second-order valence-corrected chi connectivity index (χ2v) is 4.46. The molecule has 0 radical (unpaired) electrons. The Balaban J connectivity index is 3.94. The molecule has 0 aromatic rings. The minimum Gasteiger partial charge on any atom is -0.343 e. The van der Waals surface area contributed by atoms with Gasteiger partial charge in [0.15, 0.2) is 0 Å². The highest BCUT2D eigenvalue weighted by atomic mass is 16.2. The molecule has 0 aromatic heterocycles. The van der Waals surface area contributed by atoms with Gasteiger partial charge in [0.25, 0.3) is 0 Å². The molecule has 3 heteroatoms. The lowest BCUT2D eigenvalue weighted by molar-refractivity contribution is -0.131. The SMILES string of the molecule is CCCN(CCC(C)C)C(=O)CCCN. The van der Waals surface area contributed by atoms with Crippen molar-refractivity contribution in [3.05, 3.63) is 0 Å². The van der Waals surface area contributed by atoms with Gasteiger partial charge in [-0.2, -0.15) is 0 Å². The van der Waals surface area contributed by atoms with Crippen LogP contribution in [-0.4, -0.2) is 30.4 Å². The van der Waals surface area contributed by atoms with Gasteiger partial charge in [0.05, 0.1) is 0 Å². The molecule has 0 saturated heterocycles. The summed E-state index contributed by atoms with van der Waals surface area (Å²) in [6.07, 6.45) is 3.54. The highest BCUT2D eigenvalue weighted by Crippen LogP contribution is 2.05. The largest absolute Gasteiger partial charge is 0.343 e. The lowest BCUT2D eigenvalue weighted by Gasteiger charge is -2.23. The minimum atomic E-state index is 0.267. The first-order chi connectivity index (χ1) is 7.11. The van der Waals surface area contributed by atoms with Crippen LogP contribution >= 0.6 is 0 Å². The number of hydrogen-bond acceptors (Lipinski definition) is 2. The molecule has 1 amide bonds. The lowest BCUT2D eigenvalue weighted by atomic mass is 10.1. The van der Waals surface area contributed by atoms with Gasteiger partial charge < -0.3 is 10.6 Å². The van der Waals surface area contributed by atoms with E-state index in [0.29, 0.717) is 18.9 Å². The van der Waals surface area contributed by atoms with E-state index in [-0.39, 0.29) is 5.91 Å². The molecule has 0 rings (SSSR count). The van der Waals surface area contributed by atoms with Crippen molar-refractivity contribution in [2.75, 3.05) is 19.6 Å². The highest BCUT2D eigenvalue weighted by Gasteiger charge is 2.11. The molecule has 90 valence electrons. The number of carbonyl (C=O) groups is 1. The van der Waals surface area contributed by atoms with Crippen molar-refractivity contribution in [1.29, 1.82) is 0 Å². The van der Waals surface area contributed by atoms with Gasteiger partial charge in [-0.3, -0.25) is 4.79 Å². The second kappa shape index (κ2) is 8.72. The van der Waals surface area contributed by atoms with Crippen molar-refractivity contribution >= 4 is 5.91 Å². The van der Waals surface area contributed by atoms with E-state index in [0.717, 1.165) is 32.4 Å². The maximum absolute atomic E-state index is 11.8. The van der Waals surface area contributed by atoms with E-state index in [4.69, 9.17) is 5.73 Å². The maximum Gasteiger partial charge on any atom is 0.222 e. The zero-order valence-electron chi connectivity index (χ0n) is 10.5. The molecule has 0 atom stereocenters. The molecular weight excluding hydrogens is 188 g/mol. The highest BCUT2D eigenvalue weighted by molar-refractivity contribution is 5.76. The quantitative estimate of drug-likeness (QED) is 0.672. The average molecular weight is 214 g/mol. The zero-order chi connectivity index (χ0) is 11.7. The Bertz CT molecular complexity index is 169. The lowest BCUT2D eigenvalue weighted by Crippen LogP contribution is -2.33. The van der Waals surface area contributed by atoms with E-state index in [9.17, 15) is 4.79 Å². The molecule has 0 bridgehead atoms. The van der Waals surface area contributed by atoms with Crippen LogP contribution in [0.5, 0.6) is 0 Å². The summed E-state index contributed by atoms with van der Waals surface area (Å²) in [7, 11) is 0. The van der Waals surface area contributed by atoms with Crippen LogP contribution in [0.15, 0.2) is 0 Å². The Morgan fingerprint density at radius 2 is 2.00 bits per heavy atom. The fourth-order valence-electron chi connectivity index (χ4n) is 1.46. The van der Waals surface area contributed by atoms with Crippen molar-refractivity contribution in [1.82, 2.24) is 4.90 Å². The van der Waals surface area contributed by atoms with Crippen LogP contribution in [0.2, 0.25) is 0 Å². The molecule has 0 aromatic carbocycles. The number of nitrogens with two attached hydrogens (primary N) is 1. The van der Waals surface area contributed by atoms with Crippen LogP contribution in [-0.2, 0) is 4.79 Å². The van der Waals surface area contributed by atoms with Gasteiger partial charge in [-0.05, 0) is 31.7 Å². The van der Waals surface area contributed by atoms with Gasteiger partial charge in [0.1, 0.15) is 0 Å². The second-order valence-electron chi connectivity index (χ2n) is 4.46. The first-order valence-corrected chi connectivity index (χ1v) is 6.09. The van der Waals surface area contributed by atoms with Gasteiger partial charge in [0.2, 0.25) is 5.91 Å². The zero-order valence-corrected chi connectivity index (χ0v) is 10.5. The Kier molecular flexibility index (Phi) is 8.38. The van der Waals surface area contributed by atoms with Gasteiger partial charge in [-0.15, -0.1) is 0 Å². The molecule has 3 nitrogen and oxygen atoms in total. The topological polar surface area (TPSA) is 46.3 Å². The standard InChI is InChI=1S/C12H26N2O/c1-4-9-14(10-7-11(2)3)12(15)6-5-8-13/h11H,4-10,13H2,1-3H3. The van der Waals surface area contributed by atoms with Crippen LogP contribution in [0, 0.1) is 5.92 Å². The smallest absolute Gasteiger partial charge is 0.222 e. The first kappa shape index (κ1) is 14.4. The van der Waals surface area contributed by atoms with Gasteiger partial charge in [-0.25, -0.2) is 0 Å². The summed E-state index contributed by atoms with van der Waals surface area (Å²) in [6, 6.07) is 0. The Morgan fingerprint density at radius 3 is 2.47 bits per heavy atom. The Hall–Kier alpha value is -0.570. The molecule has 0 saturated carbocycles. The summed E-state index contributed by atoms with van der Waals surface area (Å²) in [5, 5.41) is 0. The fraction of sp³-hybridized carbons (Fsp3) is 0.917.